The molecule has 3 aromatic carbocycles. The van der Waals surface area contributed by atoms with Crippen LogP contribution in [0, 0.1) is 5.82 Å². The van der Waals surface area contributed by atoms with Crippen molar-refractivity contribution < 1.29 is 36.6 Å². The van der Waals surface area contributed by atoms with Gasteiger partial charge in [-0.15, -0.1) is 0 Å². The molecule has 0 saturated heterocycles. The van der Waals surface area contributed by atoms with E-state index in [1.807, 2.05) is 0 Å². The molecular weight excluding hydrogens is 537 g/mol. The Morgan fingerprint density at radius 2 is 1.58 bits per heavy atom. The van der Waals surface area contributed by atoms with Crippen molar-refractivity contribution >= 4 is 49.1 Å². The second kappa shape index (κ2) is 11.0. The lowest BCUT2D eigenvalue weighted by Crippen LogP contribution is -2.22. The average Bonchev–Trinajstić information content (AvgIpc) is 3.26. The number of anilines is 1. The molecule has 0 aliphatic carbocycles. The minimum absolute atomic E-state index is 0.111. The number of thiazole rings is 1. The van der Waals surface area contributed by atoms with Crippen molar-refractivity contribution in [1.29, 1.82) is 0 Å². The summed E-state index contributed by atoms with van der Waals surface area (Å²) in [6.45, 7) is -0.226. The number of fused-ring (bicyclic) bond motifs is 1. The molecule has 0 unspecified atom stereocenters. The van der Waals surface area contributed by atoms with Gasteiger partial charge in [-0.25, -0.2) is 12.8 Å². The van der Waals surface area contributed by atoms with Crippen molar-refractivity contribution in [3.05, 3.63) is 76.8 Å². The Labute approximate surface area is 221 Å². The van der Waals surface area contributed by atoms with Gasteiger partial charge in [-0.05, 0) is 60.7 Å². The number of hydrogen-bond acceptors (Lipinski definition) is 8. The van der Waals surface area contributed by atoms with Crippen LogP contribution in [0.15, 0.2) is 70.6 Å². The minimum atomic E-state index is -3.95. The van der Waals surface area contributed by atoms with E-state index >= 15 is 0 Å². The van der Waals surface area contributed by atoms with Crippen LogP contribution < -0.4 is 19.0 Å². The molecule has 0 atom stereocenters. The fraction of sp³-hybridized carbons (Fsp3) is 0.160. The van der Waals surface area contributed by atoms with Crippen LogP contribution in [0.4, 0.5) is 10.1 Å². The number of rotatable bonds is 8. The maximum absolute atomic E-state index is 13.1. The predicted molar refractivity (Wildman–Crippen MR) is 138 cm³/mol. The largest absolute Gasteiger partial charge is 0.495 e. The lowest BCUT2D eigenvalue weighted by atomic mass is 10.2. The van der Waals surface area contributed by atoms with Gasteiger partial charge < -0.3 is 18.8 Å². The average molecular weight is 560 g/mol. The molecule has 1 amide bonds. The van der Waals surface area contributed by atoms with E-state index in [1.165, 1.54) is 50.2 Å². The fourth-order valence-corrected chi connectivity index (χ4v) is 5.74. The Balaban J connectivity index is 1.69. The second-order valence-corrected chi connectivity index (χ2v) is 10.4. The lowest BCUT2D eigenvalue weighted by molar-refractivity contribution is -0.141. The van der Waals surface area contributed by atoms with E-state index in [0.29, 0.717) is 21.7 Å². The fourth-order valence-electron chi connectivity index (χ4n) is 3.54. The predicted octanol–water partition coefficient (Wildman–Crippen LogP) is 3.57. The zero-order valence-electron chi connectivity index (χ0n) is 20.4. The van der Waals surface area contributed by atoms with Crippen LogP contribution in [-0.4, -0.2) is 46.2 Å². The highest BCUT2D eigenvalue weighted by Gasteiger charge is 2.19. The summed E-state index contributed by atoms with van der Waals surface area (Å²) in [5.74, 6) is -0.773. The number of sulfonamides is 1. The van der Waals surface area contributed by atoms with Crippen LogP contribution in [0.25, 0.3) is 10.2 Å². The molecule has 4 aromatic rings. The summed E-state index contributed by atoms with van der Waals surface area (Å²) in [6.07, 6.45) is 0. The first kappa shape index (κ1) is 26.8. The molecule has 1 N–H and O–H groups in total. The van der Waals surface area contributed by atoms with E-state index in [9.17, 15) is 22.4 Å². The van der Waals surface area contributed by atoms with Crippen molar-refractivity contribution in [1.82, 2.24) is 4.57 Å². The van der Waals surface area contributed by atoms with Gasteiger partial charge in [0.1, 0.15) is 34.1 Å². The summed E-state index contributed by atoms with van der Waals surface area (Å²) < 4.78 is 58.4. The number of esters is 1. The molecule has 0 aliphatic rings. The summed E-state index contributed by atoms with van der Waals surface area (Å²) in [5, 5.41) is 0. The first-order chi connectivity index (χ1) is 18.2. The number of carbonyl (C=O) groups excluding carboxylic acids is 2. The van der Waals surface area contributed by atoms with Gasteiger partial charge in [-0.2, -0.15) is 4.99 Å². The molecule has 0 bridgehead atoms. The van der Waals surface area contributed by atoms with Gasteiger partial charge in [0.25, 0.3) is 15.9 Å². The Hall–Kier alpha value is -4.23. The van der Waals surface area contributed by atoms with E-state index in [4.69, 9.17) is 14.2 Å². The normalized spacial score (nSPS) is 11.8. The van der Waals surface area contributed by atoms with E-state index < -0.39 is 27.7 Å². The van der Waals surface area contributed by atoms with Crippen LogP contribution in [0.5, 0.6) is 11.5 Å². The number of halogens is 1. The standard InChI is InChI=1S/C25H22FN3O7S2/c1-34-19-12-13-20(35-2)23-22(19)29(14-21(30)36-3)25(37-23)27-24(31)15-4-8-17(9-5-15)28-38(32,33)18-10-6-16(26)7-11-18/h4-13,28H,14H2,1-3H3. The number of aromatic nitrogens is 1. The molecule has 0 spiro atoms. The number of amides is 1. The second-order valence-electron chi connectivity index (χ2n) is 7.75. The van der Waals surface area contributed by atoms with Gasteiger partial charge in [0.2, 0.25) is 0 Å². The zero-order valence-corrected chi connectivity index (χ0v) is 22.1. The van der Waals surface area contributed by atoms with Crippen molar-refractivity contribution in [3.8, 4) is 11.5 Å². The number of hydrogen-bond donors (Lipinski definition) is 1. The highest BCUT2D eigenvalue weighted by molar-refractivity contribution is 7.92. The molecule has 198 valence electrons. The molecule has 10 nitrogen and oxygen atoms in total. The van der Waals surface area contributed by atoms with Gasteiger partial charge in [0.05, 0.1) is 26.2 Å². The number of nitrogens with zero attached hydrogens (tertiary/aromatic N) is 2. The molecule has 0 aliphatic heterocycles. The van der Waals surface area contributed by atoms with Crippen molar-refractivity contribution in [2.75, 3.05) is 26.1 Å². The summed E-state index contributed by atoms with van der Waals surface area (Å²) in [6, 6.07) is 13.4. The van der Waals surface area contributed by atoms with E-state index in [2.05, 4.69) is 9.71 Å². The number of carbonyl (C=O) groups is 2. The Morgan fingerprint density at radius 3 is 2.18 bits per heavy atom. The summed E-state index contributed by atoms with van der Waals surface area (Å²) >= 11 is 1.13. The van der Waals surface area contributed by atoms with Crippen LogP contribution in [-0.2, 0) is 26.1 Å². The third-order valence-electron chi connectivity index (χ3n) is 5.41. The van der Waals surface area contributed by atoms with E-state index in [-0.39, 0.29) is 27.5 Å². The Bertz CT molecular complexity index is 1680. The molecular formula is C25H22FN3O7S2. The Kier molecular flexibility index (Phi) is 7.78. The molecule has 4 rings (SSSR count). The third kappa shape index (κ3) is 5.53. The number of nitrogens with one attached hydrogen (secondary N) is 1. The zero-order chi connectivity index (χ0) is 27.4. The highest BCUT2D eigenvalue weighted by Crippen LogP contribution is 2.35. The molecule has 1 heterocycles. The lowest BCUT2D eigenvalue weighted by Gasteiger charge is -2.09. The SMILES string of the molecule is COC(=O)Cn1c(=NC(=O)c2ccc(NS(=O)(=O)c3ccc(F)cc3)cc2)sc2c(OC)ccc(OC)c21. The molecule has 0 saturated carbocycles. The van der Waals surface area contributed by atoms with Crippen molar-refractivity contribution in [2.45, 2.75) is 11.4 Å². The first-order valence-electron chi connectivity index (χ1n) is 11.0. The first-order valence-corrected chi connectivity index (χ1v) is 13.3. The van der Waals surface area contributed by atoms with E-state index in [0.717, 1.165) is 35.6 Å². The minimum Gasteiger partial charge on any atom is -0.495 e. The highest BCUT2D eigenvalue weighted by atomic mass is 32.2. The molecule has 1 aromatic heterocycles. The number of benzene rings is 3. The number of ether oxygens (including phenoxy) is 3. The Morgan fingerprint density at radius 1 is 0.947 bits per heavy atom. The van der Waals surface area contributed by atoms with Gasteiger partial charge in [0.15, 0.2) is 4.80 Å². The van der Waals surface area contributed by atoms with Gasteiger partial charge in [-0.3, -0.25) is 14.3 Å². The van der Waals surface area contributed by atoms with Crippen molar-refractivity contribution in [3.63, 3.8) is 0 Å². The third-order valence-corrected chi connectivity index (χ3v) is 7.90. The van der Waals surface area contributed by atoms with Crippen LogP contribution in [0.2, 0.25) is 0 Å². The van der Waals surface area contributed by atoms with Crippen molar-refractivity contribution in [2.24, 2.45) is 4.99 Å². The molecule has 38 heavy (non-hydrogen) atoms. The topological polar surface area (TPSA) is 125 Å². The van der Waals surface area contributed by atoms with Crippen LogP contribution >= 0.6 is 11.3 Å². The van der Waals surface area contributed by atoms with Gasteiger partial charge in [0, 0.05) is 11.3 Å². The summed E-state index contributed by atoms with van der Waals surface area (Å²) in [7, 11) is 0.280. The summed E-state index contributed by atoms with van der Waals surface area (Å²) in [4.78, 5) is 29.5. The maximum Gasteiger partial charge on any atom is 0.325 e. The smallest absolute Gasteiger partial charge is 0.325 e. The monoisotopic (exact) mass is 559 g/mol. The summed E-state index contributed by atoms with van der Waals surface area (Å²) in [5.41, 5.74) is 0.887. The molecule has 0 radical (unpaired) electrons. The van der Waals surface area contributed by atoms with E-state index in [1.54, 1.807) is 12.1 Å². The van der Waals surface area contributed by atoms with Crippen LogP contribution in [0.1, 0.15) is 10.4 Å². The quantitative estimate of drug-likeness (QED) is 0.327. The van der Waals surface area contributed by atoms with Crippen LogP contribution in [0.3, 0.4) is 0 Å². The van der Waals surface area contributed by atoms with Gasteiger partial charge >= 0.3 is 5.97 Å². The number of methoxy groups -OCH3 is 3. The molecule has 13 heteroatoms. The maximum atomic E-state index is 13.1. The molecule has 0 fully saturated rings. The van der Waals surface area contributed by atoms with Gasteiger partial charge in [-0.1, -0.05) is 11.3 Å².